The van der Waals surface area contributed by atoms with Gasteiger partial charge < -0.3 is 0 Å². The SMILES string of the molecule is CCCC[Se]/C=C/c1ccsc1C(=O)O. The molecule has 0 radical (unpaired) electrons. The molecule has 1 heterocycles. The van der Waals surface area contributed by atoms with Crippen LogP contribution in [0.4, 0.5) is 0 Å². The first-order chi connectivity index (χ1) is 7.25. The molecule has 0 aromatic carbocycles. The van der Waals surface area contributed by atoms with Gasteiger partial charge in [0.2, 0.25) is 0 Å². The van der Waals surface area contributed by atoms with E-state index >= 15 is 0 Å². The predicted octanol–water partition coefficient (Wildman–Crippen LogP) is 3.34. The molecule has 0 saturated heterocycles. The van der Waals surface area contributed by atoms with Crippen molar-refractivity contribution in [2.45, 2.75) is 25.1 Å². The van der Waals surface area contributed by atoms with Crippen LogP contribution in [0.25, 0.3) is 6.08 Å². The average molecular weight is 289 g/mol. The molecule has 0 atom stereocenters. The topological polar surface area (TPSA) is 37.3 Å². The van der Waals surface area contributed by atoms with Gasteiger partial charge in [-0.3, -0.25) is 0 Å². The molecule has 4 heteroatoms. The normalized spacial score (nSPS) is 11.0. The average Bonchev–Trinajstić information content (AvgIpc) is 2.66. The van der Waals surface area contributed by atoms with Crippen molar-refractivity contribution in [3.8, 4) is 0 Å². The molecule has 0 unspecified atom stereocenters. The standard InChI is InChI=1S/C11H14O2SSe/c1-2-3-7-15-8-5-9-4-6-14-10(9)11(12)13/h4-6,8H,2-3,7H2,1H3,(H,12,13)/b8-5+. The Morgan fingerprint density at radius 1 is 1.67 bits per heavy atom. The Bertz CT molecular complexity index is 344. The molecule has 0 saturated carbocycles. The molecule has 0 amide bonds. The van der Waals surface area contributed by atoms with Crippen LogP contribution in [0.5, 0.6) is 0 Å². The van der Waals surface area contributed by atoms with Crippen LogP contribution in [0.3, 0.4) is 0 Å². The third-order valence-electron chi connectivity index (χ3n) is 1.85. The molecule has 0 aliphatic carbocycles. The van der Waals surface area contributed by atoms with E-state index < -0.39 is 5.97 Å². The van der Waals surface area contributed by atoms with E-state index in [1.54, 1.807) is 0 Å². The summed E-state index contributed by atoms with van der Waals surface area (Å²) in [6.45, 7) is 2.18. The second-order valence-electron chi connectivity index (χ2n) is 3.04. The number of carbonyl (C=O) groups is 1. The van der Waals surface area contributed by atoms with E-state index in [0.717, 1.165) is 5.56 Å². The van der Waals surface area contributed by atoms with Crippen molar-refractivity contribution in [3.05, 3.63) is 26.9 Å². The van der Waals surface area contributed by atoms with E-state index in [2.05, 4.69) is 11.9 Å². The molecule has 1 aromatic heterocycles. The third kappa shape index (κ3) is 4.20. The van der Waals surface area contributed by atoms with Gasteiger partial charge in [0.25, 0.3) is 0 Å². The first-order valence-corrected chi connectivity index (χ1v) is 7.92. The van der Waals surface area contributed by atoms with Crippen molar-refractivity contribution >= 4 is 38.3 Å². The van der Waals surface area contributed by atoms with Gasteiger partial charge in [-0.2, -0.15) is 0 Å². The summed E-state index contributed by atoms with van der Waals surface area (Å²) in [4.78, 5) is 13.4. The Labute approximate surface area is 100 Å². The van der Waals surface area contributed by atoms with Crippen LogP contribution >= 0.6 is 11.3 Å². The van der Waals surface area contributed by atoms with Crippen molar-refractivity contribution in [3.63, 3.8) is 0 Å². The van der Waals surface area contributed by atoms with Gasteiger partial charge in [-0.15, -0.1) is 0 Å². The van der Waals surface area contributed by atoms with Crippen LogP contribution in [-0.4, -0.2) is 26.0 Å². The molecule has 82 valence electrons. The monoisotopic (exact) mass is 290 g/mol. The molecule has 1 rings (SSSR count). The Kier molecular flexibility index (Phi) is 5.69. The number of hydrogen-bond acceptors (Lipinski definition) is 2. The summed E-state index contributed by atoms with van der Waals surface area (Å²) in [5.74, 6) is -0.828. The number of carboxylic acid groups (broad SMARTS) is 1. The van der Waals surface area contributed by atoms with Crippen LogP contribution in [0, 0.1) is 0 Å². The first kappa shape index (κ1) is 12.5. The molecule has 0 fully saturated rings. The van der Waals surface area contributed by atoms with E-state index in [1.807, 2.05) is 17.5 Å². The van der Waals surface area contributed by atoms with Crippen molar-refractivity contribution in [1.82, 2.24) is 0 Å². The summed E-state index contributed by atoms with van der Waals surface area (Å²) in [7, 11) is 0. The molecule has 15 heavy (non-hydrogen) atoms. The van der Waals surface area contributed by atoms with E-state index in [9.17, 15) is 4.79 Å². The zero-order valence-corrected chi connectivity index (χ0v) is 11.1. The zero-order valence-electron chi connectivity index (χ0n) is 8.60. The van der Waals surface area contributed by atoms with Gasteiger partial charge in [0.05, 0.1) is 0 Å². The van der Waals surface area contributed by atoms with Crippen molar-refractivity contribution < 1.29 is 9.90 Å². The molecule has 2 nitrogen and oxygen atoms in total. The van der Waals surface area contributed by atoms with E-state index in [1.165, 1.54) is 29.5 Å². The second kappa shape index (κ2) is 6.83. The minimum atomic E-state index is -0.828. The van der Waals surface area contributed by atoms with Crippen LogP contribution in [-0.2, 0) is 0 Å². The van der Waals surface area contributed by atoms with Gasteiger partial charge >= 0.3 is 100 Å². The molecule has 0 aliphatic heterocycles. The maximum atomic E-state index is 10.8. The summed E-state index contributed by atoms with van der Waals surface area (Å²) < 4.78 is 0. The number of thiophene rings is 1. The molecule has 1 N–H and O–H groups in total. The Morgan fingerprint density at radius 3 is 3.13 bits per heavy atom. The summed E-state index contributed by atoms with van der Waals surface area (Å²) in [5.41, 5.74) is 0.839. The van der Waals surface area contributed by atoms with Gasteiger partial charge in [-0.1, -0.05) is 0 Å². The zero-order chi connectivity index (χ0) is 11.1. The number of rotatable bonds is 6. The quantitative estimate of drug-likeness (QED) is 0.644. The molecule has 0 aliphatic rings. The van der Waals surface area contributed by atoms with Crippen molar-refractivity contribution in [1.29, 1.82) is 0 Å². The number of carboxylic acids is 1. The molecular formula is C11H14O2SSe. The Hall–Kier alpha value is -0.571. The Balaban J connectivity index is 2.49. The fourth-order valence-electron chi connectivity index (χ4n) is 1.04. The van der Waals surface area contributed by atoms with E-state index in [0.29, 0.717) is 19.8 Å². The minimum absolute atomic E-state index is 0.442. The fourth-order valence-corrected chi connectivity index (χ4v) is 3.52. The molecule has 0 bridgehead atoms. The predicted molar refractivity (Wildman–Crippen MR) is 65.8 cm³/mol. The first-order valence-electron chi connectivity index (χ1n) is 4.84. The van der Waals surface area contributed by atoms with Gasteiger partial charge in [0.1, 0.15) is 0 Å². The van der Waals surface area contributed by atoms with Crippen LogP contribution in [0.2, 0.25) is 5.32 Å². The van der Waals surface area contributed by atoms with Gasteiger partial charge in [-0.25, -0.2) is 0 Å². The van der Waals surface area contributed by atoms with E-state index in [4.69, 9.17) is 5.11 Å². The number of hydrogen-bond donors (Lipinski definition) is 1. The molecular weight excluding hydrogens is 275 g/mol. The summed E-state index contributed by atoms with van der Waals surface area (Å²) in [6.07, 6.45) is 4.43. The summed E-state index contributed by atoms with van der Waals surface area (Å²) in [6, 6.07) is 1.86. The van der Waals surface area contributed by atoms with Crippen LogP contribution in [0.15, 0.2) is 16.4 Å². The summed E-state index contributed by atoms with van der Waals surface area (Å²) in [5, 5.41) is 11.9. The fraction of sp³-hybridized carbons (Fsp3) is 0.364. The number of unbranched alkanes of at least 4 members (excludes halogenated alkanes) is 1. The summed E-state index contributed by atoms with van der Waals surface area (Å²) >= 11 is 1.79. The molecule has 1 aromatic rings. The van der Waals surface area contributed by atoms with Crippen molar-refractivity contribution in [2.75, 3.05) is 0 Å². The second-order valence-corrected chi connectivity index (χ2v) is 6.08. The number of aromatic carboxylic acids is 1. The van der Waals surface area contributed by atoms with Crippen molar-refractivity contribution in [2.24, 2.45) is 0 Å². The van der Waals surface area contributed by atoms with Gasteiger partial charge in [0, 0.05) is 0 Å². The molecule has 0 spiro atoms. The van der Waals surface area contributed by atoms with Crippen LogP contribution < -0.4 is 0 Å². The van der Waals surface area contributed by atoms with Gasteiger partial charge in [-0.05, 0) is 0 Å². The third-order valence-corrected chi connectivity index (χ3v) is 4.56. The Morgan fingerprint density at radius 2 is 2.47 bits per heavy atom. The van der Waals surface area contributed by atoms with Gasteiger partial charge in [0.15, 0.2) is 0 Å². The van der Waals surface area contributed by atoms with Crippen LogP contribution in [0.1, 0.15) is 35.0 Å². The maximum absolute atomic E-state index is 10.8. The van der Waals surface area contributed by atoms with E-state index in [-0.39, 0.29) is 0 Å².